The van der Waals surface area contributed by atoms with Crippen molar-refractivity contribution in [1.82, 2.24) is 5.32 Å². The first-order chi connectivity index (χ1) is 11.1. The Morgan fingerprint density at radius 1 is 1.15 bits per heavy atom. The summed E-state index contributed by atoms with van der Waals surface area (Å²) in [4.78, 5) is 36.0. The van der Waals surface area contributed by atoms with Gasteiger partial charge in [0.15, 0.2) is 6.04 Å². The molecule has 0 saturated heterocycles. The number of esters is 1. The molecular formula is C17H36N2O6Si. The van der Waals surface area contributed by atoms with Gasteiger partial charge in [-0.25, -0.2) is 4.79 Å². The second kappa shape index (κ2) is 10.0. The summed E-state index contributed by atoms with van der Waals surface area (Å²) in [6.45, 7) is 14.5. The number of carbonyl (C=O) groups excluding carboxylic acids is 3. The van der Waals surface area contributed by atoms with Gasteiger partial charge in [-0.3, -0.25) is 4.79 Å². The highest BCUT2D eigenvalue weighted by atomic mass is 28.3. The quantitative estimate of drug-likeness (QED) is 0.369. The third kappa shape index (κ3) is 10.5. The predicted molar refractivity (Wildman–Crippen MR) is 100.0 cm³/mol. The number of hydrogen-bond donors (Lipinski definition) is 2. The highest BCUT2D eigenvalue weighted by molar-refractivity contribution is 6.76. The number of carbonyl (C=O) groups is 3. The standard InChI is InChI=1S/C17H34N2O5Si.H2O/c1-16(2,3)10-18-12(9-13(20)21)14(22)19-17(4,15(23)24-5)11-25(6,7)8;/h12,18H,9-11H2,1-8H3,(H,19,22)(H,20,21);1H2/t12-,17-;/m0./s1. The molecule has 0 aliphatic carbocycles. The van der Waals surface area contributed by atoms with Gasteiger partial charge in [0.2, 0.25) is 0 Å². The molecular weight excluding hydrogens is 356 g/mol. The van der Waals surface area contributed by atoms with E-state index in [0.717, 1.165) is 0 Å². The summed E-state index contributed by atoms with van der Waals surface area (Å²) in [7, 11) is -0.429. The van der Waals surface area contributed by atoms with Gasteiger partial charge < -0.3 is 30.7 Å². The van der Waals surface area contributed by atoms with Crippen molar-refractivity contribution in [2.45, 2.75) is 71.4 Å². The Labute approximate surface area is 157 Å². The molecule has 5 N–H and O–H groups in total. The van der Waals surface area contributed by atoms with Gasteiger partial charge >= 0.3 is 5.97 Å². The van der Waals surface area contributed by atoms with E-state index in [4.69, 9.17) is 4.74 Å². The lowest BCUT2D eigenvalue weighted by Gasteiger charge is -2.34. The second-order valence-corrected chi connectivity index (χ2v) is 14.7. The van der Waals surface area contributed by atoms with Gasteiger partial charge in [-0.1, -0.05) is 40.4 Å². The molecule has 0 fully saturated rings. The normalized spacial score (nSPS) is 15.2. The summed E-state index contributed by atoms with van der Waals surface area (Å²) in [5.41, 5.74) is -1.25. The Morgan fingerprint density at radius 3 is 2.00 bits per heavy atom. The Bertz CT molecular complexity index is 498. The smallest absolute Gasteiger partial charge is 0.330 e. The van der Waals surface area contributed by atoms with E-state index in [0.29, 0.717) is 12.6 Å². The number of ether oxygens (including phenoxy) is 1. The molecule has 0 saturated carbocycles. The number of methoxy groups -OCH3 is 1. The van der Waals surface area contributed by atoms with E-state index in [-0.39, 0.29) is 10.9 Å². The van der Waals surface area contributed by atoms with Crippen molar-refractivity contribution in [3.63, 3.8) is 0 Å². The molecule has 0 aliphatic heterocycles. The molecule has 8 nitrogen and oxygen atoms in total. The average molecular weight is 393 g/mol. The van der Waals surface area contributed by atoms with Crippen LogP contribution in [0.25, 0.3) is 0 Å². The molecule has 0 radical (unpaired) electrons. The maximum absolute atomic E-state index is 12.7. The highest BCUT2D eigenvalue weighted by Gasteiger charge is 2.42. The van der Waals surface area contributed by atoms with E-state index in [1.165, 1.54) is 7.11 Å². The number of aliphatic carboxylic acids is 1. The van der Waals surface area contributed by atoms with Crippen LogP contribution in [-0.4, -0.2) is 56.6 Å². The lowest BCUT2D eigenvalue weighted by atomic mass is 9.96. The van der Waals surface area contributed by atoms with Crippen molar-refractivity contribution >= 4 is 25.9 Å². The van der Waals surface area contributed by atoms with E-state index in [9.17, 15) is 19.5 Å². The van der Waals surface area contributed by atoms with Crippen LogP contribution in [0.1, 0.15) is 34.1 Å². The maximum atomic E-state index is 12.7. The average Bonchev–Trinajstić information content (AvgIpc) is 2.38. The minimum absolute atomic E-state index is 0. The second-order valence-electron chi connectivity index (χ2n) is 9.23. The molecule has 0 aromatic heterocycles. The summed E-state index contributed by atoms with van der Waals surface area (Å²) in [6.07, 6.45) is -0.411. The fraction of sp³-hybridized carbons (Fsp3) is 0.824. The van der Waals surface area contributed by atoms with E-state index < -0.39 is 43.9 Å². The molecule has 0 unspecified atom stereocenters. The third-order valence-corrected chi connectivity index (χ3v) is 5.42. The van der Waals surface area contributed by atoms with Crippen LogP contribution in [-0.2, 0) is 19.1 Å². The molecule has 0 aromatic rings. The van der Waals surface area contributed by atoms with Gasteiger partial charge in [0.05, 0.1) is 13.7 Å². The van der Waals surface area contributed by atoms with Crippen LogP contribution in [0.4, 0.5) is 0 Å². The molecule has 0 aromatic carbocycles. The largest absolute Gasteiger partial charge is 0.550 e. The number of rotatable bonds is 9. The first-order valence-electron chi connectivity index (χ1n) is 8.53. The Balaban J connectivity index is 0. The number of nitrogens with two attached hydrogens (primary N) is 1. The summed E-state index contributed by atoms with van der Waals surface area (Å²) in [6, 6.07) is -0.356. The molecule has 1 amide bonds. The number of nitrogens with one attached hydrogen (secondary N) is 1. The maximum Gasteiger partial charge on any atom is 0.330 e. The van der Waals surface area contributed by atoms with E-state index >= 15 is 0 Å². The van der Waals surface area contributed by atoms with Crippen LogP contribution < -0.4 is 15.7 Å². The molecule has 0 bridgehead atoms. The highest BCUT2D eigenvalue weighted by Crippen LogP contribution is 2.22. The van der Waals surface area contributed by atoms with Gasteiger partial charge in [-0.15, -0.1) is 0 Å². The van der Waals surface area contributed by atoms with E-state index in [1.54, 1.807) is 12.2 Å². The Kier molecular flexibility index (Phi) is 10.3. The molecule has 2 atom stereocenters. The van der Waals surface area contributed by atoms with Crippen LogP contribution in [0.3, 0.4) is 0 Å². The Hall–Kier alpha value is -1.45. The first-order valence-corrected chi connectivity index (χ1v) is 12.2. The van der Waals surface area contributed by atoms with Crippen molar-refractivity contribution in [3.05, 3.63) is 0 Å². The molecule has 0 rings (SSSR count). The zero-order chi connectivity index (χ0) is 20.1. The zero-order valence-corrected chi connectivity index (χ0v) is 18.3. The number of quaternary nitrogens is 1. The van der Waals surface area contributed by atoms with Crippen molar-refractivity contribution in [3.8, 4) is 0 Å². The predicted octanol–water partition coefficient (Wildman–Crippen LogP) is -1.33. The minimum atomic E-state index is -1.71. The first kappa shape index (κ1) is 26.8. The zero-order valence-electron chi connectivity index (χ0n) is 17.3. The minimum Gasteiger partial charge on any atom is -0.550 e. The van der Waals surface area contributed by atoms with Gasteiger partial charge in [-0.2, -0.15) is 0 Å². The number of carboxylic acids is 1. The summed E-state index contributed by atoms with van der Waals surface area (Å²) in [5.74, 6) is -2.30. The topological polar surface area (TPSA) is 144 Å². The number of hydrogen-bond acceptors (Lipinski definition) is 5. The SMILES string of the molecule is COC(=O)[C@](C)(C[Si](C)(C)C)NC(=O)[C@H](CC(=O)[O-])[NH2+]CC(C)(C)C.O. The molecule has 26 heavy (non-hydrogen) atoms. The lowest BCUT2D eigenvalue weighted by molar-refractivity contribution is -0.686. The van der Waals surface area contributed by atoms with Crippen LogP contribution in [0.15, 0.2) is 0 Å². The third-order valence-electron chi connectivity index (χ3n) is 3.66. The summed E-state index contributed by atoms with van der Waals surface area (Å²) < 4.78 is 4.87. The number of carboxylic acid groups (broad SMARTS) is 1. The fourth-order valence-corrected chi connectivity index (χ4v) is 5.13. The monoisotopic (exact) mass is 392 g/mol. The van der Waals surface area contributed by atoms with Gasteiger partial charge in [-0.05, 0) is 13.0 Å². The van der Waals surface area contributed by atoms with Crippen molar-refractivity contribution < 1.29 is 35.0 Å². The van der Waals surface area contributed by atoms with Gasteiger partial charge in [0, 0.05) is 25.9 Å². The summed E-state index contributed by atoms with van der Waals surface area (Å²) >= 11 is 0. The molecule has 0 heterocycles. The van der Waals surface area contributed by atoms with E-state index in [1.807, 2.05) is 20.8 Å². The van der Waals surface area contributed by atoms with Crippen LogP contribution in [0.2, 0.25) is 25.7 Å². The van der Waals surface area contributed by atoms with Gasteiger partial charge in [0.25, 0.3) is 5.91 Å². The van der Waals surface area contributed by atoms with Crippen LogP contribution >= 0.6 is 0 Å². The molecule has 9 heteroatoms. The van der Waals surface area contributed by atoms with Gasteiger partial charge in [0.1, 0.15) is 5.54 Å². The molecule has 0 spiro atoms. The van der Waals surface area contributed by atoms with Crippen LogP contribution in [0.5, 0.6) is 0 Å². The number of amides is 1. The fourth-order valence-electron chi connectivity index (χ4n) is 2.78. The van der Waals surface area contributed by atoms with Crippen LogP contribution in [0, 0.1) is 5.41 Å². The van der Waals surface area contributed by atoms with Crippen molar-refractivity contribution in [1.29, 1.82) is 0 Å². The Morgan fingerprint density at radius 2 is 1.65 bits per heavy atom. The summed E-state index contributed by atoms with van der Waals surface area (Å²) in [5, 5.41) is 15.5. The lowest BCUT2D eigenvalue weighted by Crippen LogP contribution is -2.95. The molecule has 0 aliphatic rings. The van der Waals surface area contributed by atoms with E-state index in [2.05, 4.69) is 25.0 Å². The molecule has 154 valence electrons. The van der Waals surface area contributed by atoms with Crippen molar-refractivity contribution in [2.75, 3.05) is 13.7 Å². The van der Waals surface area contributed by atoms with Crippen molar-refractivity contribution in [2.24, 2.45) is 5.41 Å².